The number of pyridine rings is 1. The van der Waals surface area contributed by atoms with Gasteiger partial charge in [0.25, 0.3) is 0 Å². The zero-order chi connectivity index (χ0) is 12.8. The van der Waals surface area contributed by atoms with Crippen LogP contribution in [-0.2, 0) is 4.79 Å². The Morgan fingerprint density at radius 2 is 2.61 bits per heavy atom. The van der Waals surface area contributed by atoms with E-state index in [0.717, 1.165) is 18.1 Å². The van der Waals surface area contributed by atoms with Gasteiger partial charge in [-0.15, -0.1) is 0 Å². The van der Waals surface area contributed by atoms with Gasteiger partial charge in [0, 0.05) is 24.2 Å². The minimum absolute atomic E-state index is 0.0313. The fourth-order valence-electron chi connectivity index (χ4n) is 1.69. The summed E-state index contributed by atoms with van der Waals surface area (Å²) in [5, 5.41) is 6.06. The Morgan fingerprint density at radius 1 is 1.72 bits per heavy atom. The van der Waals surface area contributed by atoms with E-state index in [4.69, 9.17) is 4.74 Å². The molecule has 0 aliphatic carbocycles. The van der Waals surface area contributed by atoms with Crippen LogP contribution in [0.4, 0.5) is 5.69 Å². The normalized spacial score (nSPS) is 19.3. The summed E-state index contributed by atoms with van der Waals surface area (Å²) in [5.41, 5.74) is 0.627. The molecule has 98 valence electrons. The third-order valence-corrected chi connectivity index (χ3v) is 3.61. The monoisotopic (exact) mass is 267 g/mol. The van der Waals surface area contributed by atoms with Crippen LogP contribution in [0.3, 0.4) is 0 Å². The molecule has 1 fully saturated rings. The number of rotatable bonds is 4. The van der Waals surface area contributed by atoms with E-state index in [0.29, 0.717) is 18.2 Å². The van der Waals surface area contributed by atoms with E-state index in [-0.39, 0.29) is 11.9 Å². The zero-order valence-electron chi connectivity index (χ0n) is 10.3. The molecule has 1 aromatic heterocycles. The van der Waals surface area contributed by atoms with Crippen LogP contribution in [0, 0.1) is 0 Å². The van der Waals surface area contributed by atoms with E-state index in [1.165, 1.54) is 0 Å². The van der Waals surface area contributed by atoms with Crippen LogP contribution in [0.1, 0.15) is 6.92 Å². The number of aromatic nitrogens is 1. The van der Waals surface area contributed by atoms with Gasteiger partial charge in [-0.3, -0.25) is 4.79 Å². The van der Waals surface area contributed by atoms with Crippen molar-refractivity contribution in [3.8, 4) is 5.88 Å². The fraction of sp³-hybridized carbons (Fsp3) is 0.500. The molecule has 0 spiro atoms. The van der Waals surface area contributed by atoms with Crippen LogP contribution in [0.15, 0.2) is 18.3 Å². The van der Waals surface area contributed by atoms with Gasteiger partial charge in [0.05, 0.1) is 12.6 Å². The van der Waals surface area contributed by atoms with Crippen LogP contribution in [0.2, 0.25) is 0 Å². The van der Waals surface area contributed by atoms with Crippen molar-refractivity contribution < 1.29 is 9.53 Å². The fourth-order valence-corrected chi connectivity index (χ4v) is 2.63. The molecule has 2 N–H and O–H groups in total. The summed E-state index contributed by atoms with van der Waals surface area (Å²) in [5.74, 6) is 2.30. The molecule has 0 aromatic carbocycles. The summed E-state index contributed by atoms with van der Waals surface area (Å²) in [4.78, 5) is 16.2. The molecule has 18 heavy (non-hydrogen) atoms. The van der Waals surface area contributed by atoms with Crippen molar-refractivity contribution in [3.63, 3.8) is 0 Å². The standard InChI is InChI=1S/C12H17N3O2S/c1-2-17-12-9(4-3-5-14-12)15-11(16)10-8-18-7-6-13-10/h3-5,10,13H,2,6-8H2,1H3,(H,15,16). The number of anilines is 1. The number of carbonyl (C=O) groups is 1. The van der Waals surface area contributed by atoms with E-state index in [1.807, 2.05) is 6.92 Å². The maximum Gasteiger partial charge on any atom is 0.242 e. The predicted octanol–water partition coefficient (Wildman–Crippen LogP) is 1.12. The number of hydrogen-bond acceptors (Lipinski definition) is 5. The van der Waals surface area contributed by atoms with Gasteiger partial charge in [0.1, 0.15) is 5.69 Å². The molecule has 1 saturated heterocycles. The van der Waals surface area contributed by atoms with Gasteiger partial charge < -0.3 is 15.4 Å². The molecular weight excluding hydrogens is 250 g/mol. The SMILES string of the molecule is CCOc1ncccc1NC(=O)C1CSCCN1. The highest BCUT2D eigenvalue weighted by molar-refractivity contribution is 7.99. The molecule has 0 saturated carbocycles. The molecule has 0 radical (unpaired) electrons. The summed E-state index contributed by atoms with van der Waals surface area (Å²) in [6.45, 7) is 3.28. The number of thioether (sulfide) groups is 1. The van der Waals surface area contributed by atoms with Crippen molar-refractivity contribution >= 4 is 23.4 Å². The van der Waals surface area contributed by atoms with Crippen molar-refractivity contribution in [3.05, 3.63) is 18.3 Å². The van der Waals surface area contributed by atoms with Crippen molar-refractivity contribution in [2.45, 2.75) is 13.0 Å². The maximum absolute atomic E-state index is 12.1. The van der Waals surface area contributed by atoms with Gasteiger partial charge in [-0.2, -0.15) is 11.8 Å². The molecule has 6 heteroatoms. The van der Waals surface area contributed by atoms with E-state index in [2.05, 4.69) is 15.6 Å². The van der Waals surface area contributed by atoms with Crippen LogP contribution in [0.5, 0.6) is 5.88 Å². The first-order valence-electron chi connectivity index (χ1n) is 6.01. The van der Waals surface area contributed by atoms with E-state index >= 15 is 0 Å². The van der Waals surface area contributed by atoms with Crippen molar-refractivity contribution in [2.24, 2.45) is 0 Å². The number of hydrogen-bond donors (Lipinski definition) is 2. The lowest BCUT2D eigenvalue weighted by molar-refractivity contribution is -0.117. The predicted molar refractivity (Wildman–Crippen MR) is 73.2 cm³/mol. The minimum Gasteiger partial charge on any atom is -0.476 e. The van der Waals surface area contributed by atoms with Gasteiger partial charge in [-0.25, -0.2) is 4.98 Å². The Bertz CT molecular complexity index is 408. The van der Waals surface area contributed by atoms with Gasteiger partial charge in [-0.05, 0) is 19.1 Å². The van der Waals surface area contributed by atoms with Crippen LogP contribution < -0.4 is 15.4 Å². The second kappa shape index (κ2) is 6.61. The maximum atomic E-state index is 12.1. The molecule has 1 aromatic rings. The third kappa shape index (κ3) is 3.36. The van der Waals surface area contributed by atoms with Gasteiger partial charge in [0.15, 0.2) is 0 Å². The second-order valence-electron chi connectivity index (χ2n) is 3.86. The van der Waals surface area contributed by atoms with Crippen LogP contribution >= 0.6 is 11.8 Å². The summed E-state index contributed by atoms with van der Waals surface area (Å²) >= 11 is 1.79. The first-order valence-corrected chi connectivity index (χ1v) is 7.16. The van der Waals surface area contributed by atoms with Gasteiger partial charge in [0.2, 0.25) is 11.8 Å². The van der Waals surface area contributed by atoms with Gasteiger partial charge in [-0.1, -0.05) is 0 Å². The summed E-state index contributed by atoms with van der Waals surface area (Å²) in [6.07, 6.45) is 1.65. The number of amides is 1. The molecule has 0 bridgehead atoms. The average molecular weight is 267 g/mol. The van der Waals surface area contributed by atoms with E-state index < -0.39 is 0 Å². The Labute approximate surface area is 111 Å². The molecule has 1 aliphatic rings. The van der Waals surface area contributed by atoms with Gasteiger partial charge >= 0.3 is 0 Å². The second-order valence-corrected chi connectivity index (χ2v) is 5.01. The minimum atomic E-state index is -0.140. The average Bonchev–Trinajstić information content (AvgIpc) is 2.42. The number of nitrogens with zero attached hydrogens (tertiary/aromatic N) is 1. The number of nitrogens with one attached hydrogen (secondary N) is 2. The molecule has 1 unspecified atom stereocenters. The first kappa shape index (κ1) is 13.2. The van der Waals surface area contributed by atoms with Crippen LogP contribution in [-0.4, -0.2) is 41.6 Å². The quantitative estimate of drug-likeness (QED) is 0.856. The van der Waals surface area contributed by atoms with E-state index in [1.54, 1.807) is 30.1 Å². The lowest BCUT2D eigenvalue weighted by atomic mass is 10.3. The Morgan fingerprint density at radius 3 is 3.33 bits per heavy atom. The van der Waals surface area contributed by atoms with Crippen molar-refractivity contribution in [2.75, 3.05) is 30.0 Å². The number of carbonyl (C=O) groups excluding carboxylic acids is 1. The smallest absolute Gasteiger partial charge is 0.242 e. The molecule has 2 rings (SSSR count). The van der Waals surface area contributed by atoms with E-state index in [9.17, 15) is 4.79 Å². The van der Waals surface area contributed by atoms with Crippen LogP contribution in [0.25, 0.3) is 0 Å². The molecule has 1 atom stereocenters. The molecule has 1 aliphatic heterocycles. The molecule has 1 amide bonds. The lowest BCUT2D eigenvalue weighted by Gasteiger charge is -2.22. The highest BCUT2D eigenvalue weighted by Crippen LogP contribution is 2.21. The summed E-state index contributed by atoms with van der Waals surface area (Å²) in [7, 11) is 0. The summed E-state index contributed by atoms with van der Waals surface area (Å²) in [6, 6.07) is 3.44. The Balaban J connectivity index is 2.01. The third-order valence-electron chi connectivity index (χ3n) is 2.55. The first-order chi connectivity index (χ1) is 8.81. The summed E-state index contributed by atoms with van der Waals surface area (Å²) < 4.78 is 5.37. The van der Waals surface area contributed by atoms with Crippen molar-refractivity contribution in [1.82, 2.24) is 10.3 Å². The highest BCUT2D eigenvalue weighted by atomic mass is 32.2. The molecule has 5 nitrogen and oxygen atoms in total. The highest BCUT2D eigenvalue weighted by Gasteiger charge is 2.21. The zero-order valence-corrected chi connectivity index (χ0v) is 11.1. The Kier molecular flexibility index (Phi) is 4.83. The lowest BCUT2D eigenvalue weighted by Crippen LogP contribution is -2.46. The molecular formula is C12H17N3O2S. The Hall–Kier alpha value is -1.27. The largest absolute Gasteiger partial charge is 0.476 e. The number of ether oxygens (including phenoxy) is 1. The molecule has 2 heterocycles. The topological polar surface area (TPSA) is 63.2 Å². The van der Waals surface area contributed by atoms with Crippen molar-refractivity contribution in [1.29, 1.82) is 0 Å².